The van der Waals surface area contributed by atoms with Gasteiger partial charge in [-0.05, 0) is 5.56 Å². The maximum absolute atomic E-state index is 12.6. The average Bonchev–Trinajstić information content (AvgIpc) is 2.61. The Bertz CT molecular complexity index is 329. The fourth-order valence-corrected chi connectivity index (χ4v) is 2.18. The summed E-state index contributed by atoms with van der Waals surface area (Å²) in [6, 6.07) is 9.46. The largest absolute Gasteiger partial charge is 0.326 e. The molecule has 2 rings (SSSR count). The van der Waals surface area contributed by atoms with Gasteiger partial charge in [-0.1, -0.05) is 30.3 Å². The predicted molar refractivity (Wildman–Crippen MR) is 59.2 cm³/mol. The van der Waals surface area contributed by atoms with E-state index in [1.54, 1.807) is 0 Å². The number of rotatable bonds is 3. The highest BCUT2D eigenvalue weighted by Gasteiger charge is 2.36. The van der Waals surface area contributed by atoms with Gasteiger partial charge in [0.1, 0.15) is 0 Å². The van der Waals surface area contributed by atoms with Gasteiger partial charge in [0.05, 0.1) is 0 Å². The quantitative estimate of drug-likeness (QED) is 0.850. The maximum atomic E-state index is 12.6. The third-order valence-corrected chi connectivity index (χ3v) is 3.06. The molecule has 2 unspecified atom stereocenters. The summed E-state index contributed by atoms with van der Waals surface area (Å²) in [5.74, 6) is -0.677. The molecule has 0 amide bonds. The summed E-state index contributed by atoms with van der Waals surface area (Å²) in [7, 11) is 0. The SMILES string of the molecule is NC1CN(Cc2ccccc2)CC1C(F)F. The summed E-state index contributed by atoms with van der Waals surface area (Å²) in [5.41, 5.74) is 6.85. The van der Waals surface area contributed by atoms with Crippen LogP contribution in [0.25, 0.3) is 0 Å². The first-order valence-electron chi connectivity index (χ1n) is 5.47. The normalized spacial score (nSPS) is 26.5. The Morgan fingerprint density at radius 1 is 1.25 bits per heavy atom. The second-order valence-electron chi connectivity index (χ2n) is 4.34. The summed E-state index contributed by atoms with van der Waals surface area (Å²) in [6.07, 6.45) is -2.31. The molecule has 1 aromatic rings. The highest BCUT2D eigenvalue weighted by molar-refractivity contribution is 5.14. The van der Waals surface area contributed by atoms with Crippen molar-refractivity contribution in [1.82, 2.24) is 4.90 Å². The van der Waals surface area contributed by atoms with Crippen LogP contribution in [-0.2, 0) is 6.54 Å². The van der Waals surface area contributed by atoms with E-state index >= 15 is 0 Å². The van der Waals surface area contributed by atoms with Gasteiger partial charge >= 0.3 is 0 Å². The van der Waals surface area contributed by atoms with E-state index in [9.17, 15) is 8.78 Å². The molecule has 1 aliphatic heterocycles. The van der Waals surface area contributed by atoms with Crippen molar-refractivity contribution in [3.8, 4) is 0 Å². The number of likely N-dealkylation sites (tertiary alicyclic amines) is 1. The number of hydrogen-bond donors (Lipinski definition) is 1. The lowest BCUT2D eigenvalue weighted by molar-refractivity contribution is 0.0742. The smallest absolute Gasteiger partial charge is 0.244 e. The van der Waals surface area contributed by atoms with Crippen molar-refractivity contribution in [1.29, 1.82) is 0 Å². The van der Waals surface area contributed by atoms with Crippen molar-refractivity contribution in [2.45, 2.75) is 19.0 Å². The number of nitrogens with two attached hydrogens (primary N) is 1. The van der Waals surface area contributed by atoms with Gasteiger partial charge in [-0.3, -0.25) is 4.90 Å². The van der Waals surface area contributed by atoms with Crippen molar-refractivity contribution >= 4 is 0 Å². The molecule has 0 aromatic heterocycles. The minimum atomic E-state index is -2.31. The van der Waals surface area contributed by atoms with E-state index in [2.05, 4.69) is 0 Å². The van der Waals surface area contributed by atoms with Crippen LogP contribution in [0.5, 0.6) is 0 Å². The zero-order valence-corrected chi connectivity index (χ0v) is 9.02. The van der Waals surface area contributed by atoms with E-state index in [1.807, 2.05) is 35.2 Å². The molecular formula is C12H16F2N2. The van der Waals surface area contributed by atoms with Crippen LogP contribution in [0, 0.1) is 5.92 Å². The molecule has 2 nitrogen and oxygen atoms in total. The van der Waals surface area contributed by atoms with Crippen molar-refractivity contribution in [3.63, 3.8) is 0 Å². The van der Waals surface area contributed by atoms with E-state index in [0.717, 1.165) is 5.56 Å². The van der Waals surface area contributed by atoms with Crippen LogP contribution >= 0.6 is 0 Å². The molecule has 16 heavy (non-hydrogen) atoms. The number of halogens is 2. The van der Waals surface area contributed by atoms with E-state index in [0.29, 0.717) is 19.6 Å². The maximum Gasteiger partial charge on any atom is 0.244 e. The number of benzene rings is 1. The lowest BCUT2D eigenvalue weighted by Gasteiger charge is -2.15. The predicted octanol–water partition coefficient (Wildman–Crippen LogP) is 1.71. The lowest BCUT2D eigenvalue weighted by Crippen LogP contribution is -2.33. The Kier molecular flexibility index (Phi) is 3.51. The Hall–Kier alpha value is -1.00. The Labute approximate surface area is 94.0 Å². The molecule has 0 aliphatic carbocycles. The minimum absolute atomic E-state index is 0.397. The summed E-state index contributed by atoms with van der Waals surface area (Å²) in [5, 5.41) is 0. The molecule has 0 saturated carbocycles. The van der Waals surface area contributed by atoms with Crippen molar-refractivity contribution < 1.29 is 8.78 Å². The zero-order valence-electron chi connectivity index (χ0n) is 9.02. The highest BCUT2D eigenvalue weighted by Crippen LogP contribution is 2.23. The third-order valence-electron chi connectivity index (χ3n) is 3.06. The van der Waals surface area contributed by atoms with Gasteiger partial charge in [0.25, 0.3) is 0 Å². The molecule has 0 spiro atoms. The van der Waals surface area contributed by atoms with Crippen molar-refractivity contribution in [2.75, 3.05) is 13.1 Å². The first-order chi connectivity index (χ1) is 7.66. The van der Waals surface area contributed by atoms with Crippen LogP contribution < -0.4 is 5.73 Å². The topological polar surface area (TPSA) is 29.3 Å². The van der Waals surface area contributed by atoms with Gasteiger partial charge in [-0.15, -0.1) is 0 Å². The van der Waals surface area contributed by atoms with Gasteiger partial charge in [0.2, 0.25) is 6.43 Å². The Morgan fingerprint density at radius 3 is 2.50 bits per heavy atom. The molecule has 88 valence electrons. The molecule has 1 fully saturated rings. The number of nitrogens with zero attached hydrogens (tertiary/aromatic N) is 1. The lowest BCUT2D eigenvalue weighted by atomic mass is 10.1. The molecule has 1 aliphatic rings. The van der Waals surface area contributed by atoms with Crippen LogP contribution in [-0.4, -0.2) is 30.5 Å². The molecule has 2 atom stereocenters. The molecule has 0 radical (unpaired) electrons. The monoisotopic (exact) mass is 226 g/mol. The molecular weight excluding hydrogens is 210 g/mol. The van der Waals surface area contributed by atoms with Crippen LogP contribution in [0.2, 0.25) is 0 Å². The van der Waals surface area contributed by atoms with E-state index in [4.69, 9.17) is 5.73 Å². The average molecular weight is 226 g/mol. The standard InChI is InChI=1S/C12H16F2N2/c13-12(14)10-7-16(8-11(10)15)6-9-4-2-1-3-5-9/h1-5,10-12H,6-8,15H2. The molecule has 0 bridgehead atoms. The Morgan fingerprint density at radius 2 is 1.94 bits per heavy atom. The Balaban J connectivity index is 1.94. The van der Waals surface area contributed by atoms with Gasteiger partial charge in [-0.25, -0.2) is 8.78 Å². The molecule has 4 heteroatoms. The highest BCUT2D eigenvalue weighted by atomic mass is 19.3. The van der Waals surface area contributed by atoms with Gasteiger partial charge < -0.3 is 5.73 Å². The summed E-state index contributed by atoms with van der Waals surface area (Å²) < 4.78 is 25.2. The summed E-state index contributed by atoms with van der Waals surface area (Å²) in [6.45, 7) is 1.66. The van der Waals surface area contributed by atoms with Crippen LogP contribution in [0.15, 0.2) is 30.3 Å². The third kappa shape index (κ3) is 2.57. The molecule has 1 aromatic carbocycles. The second-order valence-corrected chi connectivity index (χ2v) is 4.34. The van der Waals surface area contributed by atoms with Gasteiger partial charge in [0.15, 0.2) is 0 Å². The van der Waals surface area contributed by atoms with E-state index < -0.39 is 18.4 Å². The van der Waals surface area contributed by atoms with E-state index in [-0.39, 0.29) is 0 Å². The fraction of sp³-hybridized carbons (Fsp3) is 0.500. The minimum Gasteiger partial charge on any atom is -0.326 e. The summed E-state index contributed by atoms with van der Waals surface area (Å²) in [4.78, 5) is 2.00. The van der Waals surface area contributed by atoms with Crippen LogP contribution in [0.4, 0.5) is 8.78 Å². The first-order valence-corrected chi connectivity index (χ1v) is 5.47. The fourth-order valence-electron chi connectivity index (χ4n) is 2.18. The van der Waals surface area contributed by atoms with E-state index in [1.165, 1.54) is 0 Å². The first kappa shape index (κ1) is 11.5. The summed E-state index contributed by atoms with van der Waals surface area (Å²) >= 11 is 0. The van der Waals surface area contributed by atoms with Gasteiger partial charge in [0, 0.05) is 31.6 Å². The number of hydrogen-bond acceptors (Lipinski definition) is 2. The molecule has 1 heterocycles. The molecule has 1 saturated heterocycles. The van der Waals surface area contributed by atoms with Crippen LogP contribution in [0.1, 0.15) is 5.56 Å². The van der Waals surface area contributed by atoms with Crippen molar-refractivity contribution in [2.24, 2.45) is 11.7 Å². The molecule has 2 N–H and O–H groups in total. The zero-order chi connectivity index (χ0) is 11.5. The van der Waals surface area contributed by atoms with Crippen molar-refractivity contribution in [3.05, 3.63) is 35.9 Å². The number of alkyl halides is 2. The van der Waals surface area contributed by atoms with Gasteiger partial charge in [-0.2, -0.15) is 0 Å². The second kappa shape index (κ2) is 4.89. The van der Waals surface area contributed by atoms with Crippen LogP contribution in [0.3, 0.4) is 0 Å².